The molecule has 0 saturated carbocycles. The van der Waals surface area contributed by atoms with Crippen molar-refractivity contribution in [3.8, 4) is 11.3 Å². The molecule has 0 N–H and O–H groups in total. The first-order valence-electron chi connectivity index (χ1n) is 10.6. The van der Waals surface area contributed by atoms with Gasteiger partial charge < -0.3 is 9.80 Å². The molecular formula is C25H28N4O. The highest BCUT2D eigenvalue weighted by molar-refractivity contribution is 5.93. The van der Waals surface area contributed by atoms with Crippen LogP contribution in [0.15, 0.2) is 72.9 Å². The van der Waals surface area contributed by atoms with Crippen LogP contribution in [0.4, 0.5) is 0 Å². The number of carbonyl (C=O) groups is 1. The summed E-state index contributed by atoms with van der Waals surface area (Å²) < 4.78 is 1.95. The molecule has 30 heavy (non-hydrogen) atoms. The molecule has 0 unspecified atom stereocenters. The number of nitrogens with zero attached hydrogens (tertiary/aromatic N) is 4. The van der Waals surface area contributed by atoms with E-state index in [1.165, 1.54) is 5.56 Å². The third-order valence-electron chi connectivity index (χ3n) is 5.56. The molecule has 5 nitrogen and oxygen atoms in total. The van der Waals surface area contributed by atoms with E-state index in [1.807, 2.05) is 58.3 Å². The zero-order valence-electron chi connectivity index (χ0n) is 17.4. The van der Waals surface area contributed by atoms with Crippen LogP contribution in [-0.2, 0) is 11.3 Å². The van der Waals surface area contributed by atoms with Gasteiger partial charge in [-0.15, -0.1) is 0 Å². The number of aromatic nitrogens is 2. The van der Waals surface area contributed by atoms with E-state index in [-0.39, 0.29) is 5.91 Å². The Bertz CT molecular complexity index is 987. The average Bonchev–Trinajstić information content (AvgIpc) is 3.21. The van der Waals surface area contributed by atoms with E-state index in [1.54, 1.807) is 6.08 Å². The predicted octanol–water partition coefficient (Wildman–Crippen LogP) is 3.78. The number of rotatable bonds is 6. The Hall–Kier alpha value is -3.18. The maximum Gasteiger partial charge on any atom is 0.246 e. The number of benzene rings is 2. The lowest BCUT2D eigenvalue weighted by Gasteiger charge is -2.33. The first-order valence-corrected chi connectivity index (χ1v) is 10.6. The minimum absolute atomic E-state index is 0.0700. The van der Waals surface area contributed by atoms with Crippen molar-refractivity contribution >= 4 is 12.0 Å². The van der Waals surface area contributed by atoms with Gasteiger partial charge in [0.15, 0.2) is 0 Å². The van der Waals surface area contributed by atoms with Crippen molar-refractivity contribution < 1.29 is 4.79 Å². The molecular weight excluding hydrogens is 372 g/mol. The maximum absolute atomic E-state index is 12.7. The molecule has 3 aromatic rings. The number of hydrogen-bond donors (Lipinski definition) is 0. The van der Waals surface area contributed by atoms with Gasteiger partial charge in [-0.25, -0.2) is 0 Å². The van der Waals surface area contributed by atoms with Crippen LogP contribution in [0.1, 0.15) is 18.1 Å². The van der Waals surface area contributed by atoms with E-state index < -0.39 is 0 Å². The Balaban J connectivity index is 1.55. The molecule has 1 fully saturated rings. The zero-order valence-corrected chi connectivity index (χ0v) is 17.4. The molecule has 1 saturated heterocycles. The largest absolute Gasteiger partial charge is 0.337 e. The highest BCUT2D eigenvalue weighted by Gasteiger charge is 2.18. The number of piperazine rings is 1. The Labute approximate surface area is 178 Å². The quantitative estimate of drug-likeness (QED) is 0.592. The summed E-state index contributed by atoms with van der Waals surface area (Å²) in [5, 5.41) is 4.82. The monoisotopic (exact) mass is 400 g/mol. The van der Waals surface area contributed by atoms with Crippen LogP contribution in [0.2, 0.25) is 0 Å². The third-order valence-corrected chi connectivity index (χ3v) is 5.56. The second kappa shape index (κ2) is 9.55. The topological polar surface area (TPSA) is 41.4 Å². The minimum atomic E-state index is 0.0700. The number of carbonyl (C=O) groups excluding carboxylic acids is 1. The van der Waals surface area contributed by atoms with Gasteiger partial charge in [-0.1, -0.05) is 67.6 Å². The van der Waals surface area contributed by atoms with Crippen LogP contribution in [0.5, 0.6) is 0 Å². The molecule has 2 aromatic carbocycles. The van der Waals surface area contributed by atoms with E-state index in [0.717, 1.165) is 49.5 Å². The second-order valence-electron chi connectivity index (χ2n) is 7.58. The fourth-order valence-corrected chi connectivity index (χ4v) is 3.78. The van der Waals surface area contributed by atoms with Gasteiger partial charge in [0, 0.05) is 49.6 Å². The maximum atomic E-state index is 12.7. The predicted molar refractivity (Wildman–Crippen MR) is 121 cm³/mol. The van der Waals surface area contributed by atoms with Crippen LogP contribution in [-0.4, -0.2) is 58.2 Å². The van der Waals surface area contributed by atoms with Crippen LogP contribution >= 0.6 is 0 Å². The summed E-state index contributed by atoms with van der Waals surface area (Å²) >= 11 is 0. The summed E-state index contributed by atoms with van der Waals surface area (Å²) in [6.45, 7) is 7.36. The Morgan fingerprint density at radius 2 is 1.63 bits per heavy atom. The molecule has 0 aliphatic carbocycles. The average molecular weight is 401 g/mol. The summed E-state index contributed by atoms with van der Waals surface area (Å²) in [5.41, 5.74) is 4.09. The molecule has 0 radical (unpaired) electrons. The van der Waals surface area contributed by atoms with Crippen molar-refractivity contribution in [2.45, 2.75) is 13.5 Å². The van der Waals surface area contributed by atoms with Gasteiger partial charge in [-0.05, 0) is 18.2 Å². The van der Waals surface area contributed by atoms with Crippen LogP contribution in [0.3, 0.4) is 0 Å². The zero-order chi connectivity index (χ0) is 20.8. The SMILES string of the molecule is CCN1CCN(C(=O)/C=C/c2cn(Cc3ccccc3)nc2-c2ccccc2)CC1. The smallest absolute Gasteiger partial charge is 0.246 e. The van der Waals surface area contributed by atoms with Gasteiger partial charge in [-0.3, -0.25) is 9.48 Å². The molecule has 4 rings (SSSR count). The highest BCUT2D eigenvalue weighted by atomic mass is 16.2. The van der Waals surface area contributed by atoms with Crippen LogP contribution in [0.25, 0.3) is 17.3 Å². The minimum Gasteiger partial charge on any atom is -0.337 e. The molecule has 2 heterocycles. The Kier molecular flexibility index (Phi) is 6.40. The van der Waals surface area contributed by atoms with E-state index in [4.69, 9.17) is 5.10 Å². The lowest BCUT2D eigenvalue weighted by Crippen LogP contribution is -2.48. The number of hydrogen-bond acceptors (Lipinski definition) is 3. The van der Waals surface area contributed by atoms with Crippen molar-refractivity contribution in [2.75, 3.05) is 32.7 Å². The third kappa shape index (κ3) is 4.86. The summed E-state index contributed by atoms with van der Waals surface area (Å²) in [5.74, 6) is 0.0700. The number of likely N-dealkylation sites (N-methyl/N-ethyl adjacent to an activating group) is 1. The van der Waals surface area contributed by atoms with E-state index in [9.17, 15) is 4.79 Å². The molecule has 154 valence electrons. The normalized spacial score (nSPS) is 15.0. The molecule has 0 bridgehead atoms. The fourth-order valence-electron chi connectivity index (χ4n) is 3.78. The standard InChI is InChI=1S/C25H28N4O/c1-2-27-15-17-28(18-16-27)24(30)14-13-23-20-29(19-21-9-5-3-6-10-21)26-25(23)22-11-7-4-8-12-22/h3-14,20H,2,15-19H2,1H3/b14-13+. The number of amides is 1. The summed E-state index contributed by atoms with van der Waals surface area (Å²) in [4.78, 5) is 17.0. The second-order valence-corrected chi connectivity index (χ2v) is 7.58. The molecule has 1 aromatic heterocycles. The molecule has 0 atom stereocenters. The summed E-state index contributed by atoms with van der Waals surface area (Å²) in [7, 11) is 0. The lowest BCUT2D eigenvalue weighted by atomic mass is 10.1. The summed E-state index contributed by atoms with van der Waals surface area (Å²) in [6, 6.07) is 20.4. The van der Waals surface area contributed by atoms with Crippen LogP contribution < -0.4 is 0 Å². The van der Waals surface area contributed by atoms with Gasteiger partial charge in [-0.2, -0.15) is 5.10 Å². The highest BCUT2D eigenvalue weighted by Crippen LogP contribution is 2.23. The van der Waals surface area contributed by atoms with Crippen molar-refractivity contribution in [1.82, 2.24) is 19.6 Å². The summed E-state index contributed by atoms with van der Waals surface area (Å²) in [6.07, 6.45) is 5.62. The molecule has 5 heteroatoms. The van der Waals surface area contributed by atoms with Gasteiger partial charge >= 0.3 is 0 Å². The van der Waals surface area contributed by atoms with Crippen LogP contribution in [0, 0.1) is 0 Å². The van der Waals surface area contributed by atoms with Crippen molar-refractivity contribution in [1.29, 1.82) is 0 Å². The molecule has 1 aliphatic rings. The fraction of sp³-hybridized carbons (Fsp3) is 0.280. The Morgan fingerprint density at radius 3 is 2.30 bits per heavy atom. The van der Waals surface area contributed by atoms with Crippen molar-refractivity contribution in [3.63, 3.8) is 0 Å². The first-order chi connectivity index (χ1) is 14.7. The molecule has 1 aliphatic heterocycles. The van der Waals surface area contributed by atoms with Gasteiger partial charge in [0.2, 0.25) is 5.91 Å². The molecule has 1 amide bonds. The van der Waals surface area contributed by atoms with Crippen molar-refractivity contribution in [2.24, 2.45) is 0 Å². The lowest BCUT2D eigenvalue weighted by molar-refractivity contribution is -0.127. The van der Waals surface area contributed by atoms with E-state index in [0.29, 0.717) is 6.54 Å². The van der Waals surface area contributed by atoms with E-state index >= 15 is 0 Å². The van der Waals surface area contributed by atoms with E-state index in [2.05, 4.69) is 36.1 Å². The Morgan fingerprint density at radius 1 is 0.967 bits per heavy atom. The van der Waals surface area contributed by atoms with Gasteiger partial charge in [0.25, 0.3) is 0 Å². The van der Waals surface area contributed by atoms with Crippen molar-refractivity contribution in [3.05, 3.63) is 84.1 Å². The van der Waals surface area contributed by atoms with Gasteiger partial charge in [0.05, 0.1) is 12.2 Å². The first kappa shape index (κ1) is 20.1. The van der Waals surface area contributed by atoms with Gasteiger partial charge in [0.1, 0.15) is 0 Å². The molecule has 0 spiro atoms.